The van der Waals surface area contributed by atoms with Gasteiger partial charge >= 0.3 is 5.97 Å². The van der Waals surface area contributed by atoms with E-state index in [1.807, 2.05) is 0 Å². The molecule has 0 aliphatic heterocycles. The SMILES string of the molecule is CCC(C(=O)OC)C(=O)c1cc(Cl)c(OC)c(OC)c1. The van der Waals surface area contributed by atoms with E-state index >= 15 is 0 Å². The Kier molecular flexibility index (Phi) is 5.82. The lowest BCUT2D eigenvalue weighted by molar-refractivity contribution is -0.143. The molecule has 0 aliphatic rings. The van der Waals surface area contributed by atoms with Gasteiger partial charge in [0.25, 0.3) is 0 Å². The standard InChI is InChI=1S/C14H17ClO5/c1-5-9(14(17)20-4)12(16)8-6-10(15)13(19-3)11(7-8)18-2/h6-7,9H,5H2,1-4H3. The minimum absolute atomic E-state index is 0.245. The molecule has 1 atom stereocenters. The van der Waals surface area contributed by atoms with E-state index in [0.717, 1.165) is 0 Å². The van der Waals surface area contributed by atoms with Gasteiger partial charge in [-0.05, 0) is 18.6 Å². The van der Waals surface area contributed by atoms with Gasteiger partial charge in [0.2, 0.25) is 0 Å². The van der Waals surface area contributed by atoms with Crippen LogP contribution in [0.3, 0.4) is 0 Å². The van der Waals surface area contributed by atoms with Crippen molar-refractivity contribution < 1.29 is 23.8 Å². The molecule has 0 N–H and O–H groups in total. The molecular formula is C14H17ClO5. The topological polar surface area (TPSA) is 61.8 Å². The molecule has 0 radical (unpaired) electrons. The van der Waals surface area contributed by atoms with Crippen LogP contribution in [0.25, 0.3) is 0 Å². The van der Waals surface area contributed by atoms with Crippen LogP contribution < -0.4 is 9.47 Å². The van der Waals surface area contributed by atoms with E-state index < -0.39 is 11.9 Å². The zero-order chi connectivity index (χ0) is 15.3. The second-order valence-corrected chi connectivity index (χ2v) is 4.45. The molecule has 0 aliphatic carbocycles. The molecular weight excluding hydrogens is 284 g/mol. The molecule has 5 nitrogen and oxygen atoms in total. The molecule has 0 amide bonds. The molecule has 1 aromatic rings. The van der Waals surface area contributed by atoms with E-state index in [0.29, 0.717) is 17.9 Å². The normalized spacial score (nSPS) is 11.7. The van der Waals surface area contributed by atoms with E-state index in [-0.39, 0.29) is 16.4 Å². The van der Waals surface area contributed by atoms with Crippen molar-refractivity contribution in [1.29, 1.82) is 0 Å². The van der Waals surface area contributed by atoms with Gasteiger partial charge < -0.3 is 14.2 Å². The molecule has 0 fully saturated rings. The predicted molar refractivity (Wildman–Crippen MR) is 74.7 cm³/mol. The zero-order valence-electron chi connectivity index (χ0n) is 11.9. The Balaban J connectivity index is 3.22. The first-order valence-corrected chi connectivity index (χ1v) is 6.41. The lowest BCUT2D eigenvalue weighted by Gasteiger charge is -2.14. The number of halogens is 1. The summed E-state index contributed by atoms with van der Waals surface area (Å²) in [5.41, 5.74) is 0.282. The maximum atomic E-state index is 12.3. The van der Waals surface area contributed by atoms with Crippen LogP contribution in [0.4, 0.5) is 0 Å². The molecule has 1 unspecified atom stereocenters. The average molecular weight is 301 g/mol. The largest absolute Gasteiger partial charge is 0.493 e. The number of hydrogen-bond acceptors (Lipinski definition) is 5. The summed E-state index contributed by atoms with van der Waals surface area (Å²) in [6, 6.07) is 2.95. The number of methoxy groups -OCH3 is 3. The fourth-order valence-corrected chi connectivity index (χ4v) is 2.15. The van der Waals surface area contributed by atoms with E-state index in [1.165, 1.54) is 33.5 Å². The van der Waals surface area contributed by atoms with Crippen molar-refractivity contribution in [1.82, 2.24) is 0 Å². The zero-order valence-corrected chi connectivity index (χ0v) is 12.6. The first kappa shape index (κ1) is 16.3. The highest BCUT2D eigenvalue weighted by molar-refractivity contribution is 6.32. The van der Waals surface area contributed by atoms with Gasteiger partial charge in [-0.15, -0.1) is 0 Å². The average Bonchev–Trinajstić information content (AvgIpc) is 2.46. The molecule has 0 spiro atoms. The Labute approximate surface area is 122 Å². The quantitative estimate of drug-likeness (QED) is 0.459. The van der Waals surface area contributed by atoms with Crippen LogP contribution in [0.5, 0.6) is 11.5 Å². The number of ether oxygens (including phenoxy) is 3. The van der Waals surface area contributed by atoms with Gasteiger partial charge in [0.05, 0.1) is 26.4 Å². The summed E-state index contributed by atoms with van der Waals surface area (Å²) in [7, 11) is 4.15. The number of rotatable bonds is 6. The van der Waals surface area contributed by atoms with Crippen LogP contribution in [0.15, 0.2) is 12.1 Å². The Morgan fingerprint density at radius 2 is 1.85 bits per heavy atom. The molecule has 110 valence electrons. The van der Waals surface area contributed by atoms with Crippen LogP contribution in [0, 0.1) is 5.92 Å². The summed E-state index contributed by atoms with van der Waals surface area (Å²) in [4.78, 5) is 23.9. The molecule has 0 heterocycles. The number of hydrogen-bond donors (Lipinski definition) is 0. The molecule has 6 heteroatoms. The number of carbonyl (C=O) groups excluding carboxylic acids is 2. The van der Waals surface area contributed by atoms with Crippen molar-refractivity contribution in [2.24, 2.45) is 5.92 Å². The van der Waals surface area contributed by atoms with Gasteiger partial charge in [-0.2, -0.15) is 0 Å². The summed E-state index contributed by atoms with van der Waals surface area (Å²) >= 11 is 6.05. The minimum atomic E-state index is -0.853. The smallest absolute Gasteiger partial charge is 0.316 e. The van der Waals surface area contributed by atoms with Crippen molar-refractivity contribution in [2.45, 2.75) is 13.3 Å². The Bertz CT molecular complexity index is 513. The molecule has 0 aromatic heterocycles. The van der Waals surface area contributed by atoms with Gasteiger partial charge in [-0.1, -0.05) is 18.5 Å². The van der Waals surface area contributed by atoms with Gasteiger partial charge in [0, 0.05) is 5.56 Å². The highest BCUT2D eigenvalue weighted by Crippen LogP contribution is 2.36. The minimum Gasteiger partial charge on any atom is -0.493 e. The van der Waals surface area contributed by atoms with Crippen LogP contribution in [0.2, 0.25) is 5.02 Å². The lowest BCUT2D eigenvalue weighted by Crippen LogP contribution is -2.24. The monoisotopic (exact) mass is 300 g/mol. The van der Waals surface area contributed by atoms with E-state index in [9.17, 15) is 9.59 Å². The molecule has 1 aromatic carbocycles. The van der Waals surface area contributed by atoms with Crippen molar-refractivity contribution in [3.05, 3.63) is 22.7 Å². The fraction of sp³-hybridized carbons (Fsp3) is 0.429. The van der Waals surface area contributed by atoms with Crippen LogP contribution in [-0.2, 0) is 9.53 Å². The van der Waals surface area contributed by atoms with E-state index in [2.05, 4.69) is 4.74 Å². The summed E-state index contributed by atoms with van der Waals surface area (Å²) in [6.07, 6.45) is 0.345. The van der Waals surface area contributed by atoms with Crippen LogP contribution in [-0.4, -0.2) is 33.1 Å². The predicted octanol–water partition coefficient (Wildman–Crippen LogP) is 2.74. The molecule has 0 saturated carbocycles. The Morgan fingerprint density at radius 1 is 1.20 bits per heavy atom. The highest BCUT2D eigenvalue weighted by atomic mass is 35.5. The first-order chi connectivity index (χ1) is 9.49. The van der Waals surface area contributed by atoms with Gasteiger partial charge in [0.1, 0.15) is 5.92 Å². The number of benzene rings is 1. The number of esters is 1. The first-order valence-electron chi connectivity index (χ1n) is 6.03. The number of Topliss-reactive ketones (excluding diaryl/α,β-unsaturated/α-hetero) is 1. The Hall–Kier alpha value is -1.75. The van der Waals surface area contributed by atoms with Crippen molar-refractivity contribution in [2.75, 3.05) is 21.3 Å². The second kappa shape index (κ2) is 7.14. The van der Waals surface area contributed by atoms with Crippen LogP contribution in [0.1, 0.15) is 23.7 Å². The highest BCUT2D eigenvalue weighted by Gasteiger charge is 2.28. The third kappa shape index (κ3) is 3.22. The third-order valence-electron chi connectivity index (χ3n) is 2.93. The van der Waals surface area contributed by atoms with E-state index in [4.69, 9.17) is 21.1 Å². The molecule has 20 heavy (non-hydrogen) atoms. The van der Waals surface area contributed by atoms with E-state index in [1.54, 1.807) is 6.92 Å². The van der Waals surface area contributed by atoms with Crippen molar-refractivity contribution >= 4 is 23.4 Å². The van der Waals surface area contributed by atoms with Gasteiger partial charge in [-0.3, -0.25) is 9.59 Å². The number of ketones is 1. The Morgan fingerprint density at radius 3 is 2.30 bits per heavy atom. The summed E-state index contributed by atoms with van der Waals surface area (Å²) < 4.78 is 14.9. The van der Waals surface area contributed by atoms with Gasteiger partial charge in [-0.25, -0.2) is 0 Å². The second-order valence-electron chi connectivity index (χ2n) is 4.04. The number of carbonyl (C=O) groups is 2. The third-order valence-corrected chi connectivity index (χ3v) is 3.21. The fourth-order valence-electron chi connectivity index (χ4n) is 1.86. The van der Waals surface area contributed by atoms with Crippen molar-refractivity contribution in [3.63, 3.8) is 0 Å². The maximum absolute atomic E-state index is 12.3. The summed E-state index contributed by atoms with van der Waals surface area (Å²) in [6.45, 7) is 1.74. The summed E-state index contributed by atoms with van der Waals surface area (Å²) in [5.74, 6) is -1.10. The molecule has 0 saturated heterocycles. The van der Waals surface area contributed by atoms with Crippen molar-refractivity contribution in [3.8, 4) is 11.5 Å². The molecule has 1 rings (SSSR count). The molecule has 0 bridgehead atoms. The lowest BCUT2D eigenvalue weighted by atomic mass is 9.95. The maximum Gasteiger partial charge on any atom is 0.316 e. The summed E-state index contributed by atoms with van der Waals surface area (Å²) in [5, 5.41) is 0.245. The van der Waals surface area contributed by atoms with Gasteiger partial charge in [0.15, 0.2) is 17.3 Å². The van der Waals surface area contributed by atoms with Crippen LogP contribution >= 0.6 is 11.6 Å².